The third-order valence-corrected chi connectivity index (χ3v) is 3.99. The molecule has 1 N–H and O–H groups in total. The molecule has 0 bridgehead atoms. The first kappa shape index (κ1) is 19.0. The Hall–Kier alpha value is -2.37. The normalized spacial score (nSPS) is 12.4. The lowest BCUT2D eigenvalue weighted by molar-refractivity contribution is -0.124. The summed E-state index contributed by atoms with van der Waals surface area (Å²) in [6, 6.07) is 3.88. The lowest BCUT2D eigenvalue weighted by Crippen LogP contribution is -2.35. The van der Waals surface area contributed by atoms with Crippen LogP contribution in [0.4, 0.5) is 0 Å². The first-order valence-corrected chi connectivity index (χ1v) is 8.77. The molecule has 0 aliphatic heterocycles. The van der Waals surface area contributed by atoms with Crippen molar-refractivity contribution in [1.82, 2.24) is 14.7 Å². The van der Waals surface area contributed by atoms with Gasteiger partial charge in [-0.2, -0.15) is 0 Å². The van der Waals surface area contributed by atoms with Crippen LogP contribution >= 0.6 is 0 Å². The topological polar surface area (TPSA) is 72.7 Å². The molecule has 0 saturated carbocycles. The van der Waals surface area contributed by atoms with Gasteiger partial charge in [0.05, 0.1) is 0 Å². The zero-order chi connectivity index (χ0) is 18.4. The van der Waals surface area contributed by atoms with Crippen LogP contribution in [0.1, 0.15) is 56.1 Å². The van der Waals surface area contributed by atoms with E-state index in [2.05, 4.69) is 24.1 Å². The Balaban J connectivity index is 1.79. The highest BCUT2D eigenvalue weighted by Crippen LogP contribution is 2.09. The minimum atomic E-state index is -0.594. The molecular formula is C19H27N3O3. The van der Waals surface area contributed by atoms with E-state index in [9.17, 15) is 9.59 Å². The van der Waals surface area contributed by atoms with E-state index in [4.69, 9.17) is 4.74 Å². The number of nitrogens with one attached hydrogen (secondary N) is 1. The number of rotatable bonds is 8. The zero-order valence-electron chi connectivity index (χ0n) is 15.4. The van der Waals surface area contributed by atoms with E-state index in [0.717, 1.165) is 24.8 Å². The summed E-state index contributed by atoms with van der Waals surface area (Å²) < 4.78 is 6.82. The van der Waals surface area contributed by atoms with Gasteiger partial charge in [0, 0.05) is 18.4 Å². The number of fused-ring (bicyclic) bond motifs is 1. The molecule has 6 heteroatoms. The number of ether oxygens (including phenoxy) is 1. The van der Waals surface area contributed by atoms with Gasteiger partial charge in [-0.1, -0.05) is 26.7 Å². The SMILES string of the molecule is Cc1ccn2cc(C(=O)OCC(=O)NC(C)CCCC(C)C)nc2c1. The van der Waals surface area contributed by atoms with Crippen molar-refractivity contribution in [3.05, 3.63) is 35.8 Å². The quantitative estimate of drug-likeness (QED) is 0.746. The lowest BCUT2D eigenvalue weighted by atomic mass is 10.0. The Bertz CT molecular complexity index is 737. The van der Waals surface area contributed by atoms with Crippen molar-refractivity contribution in [2.24, 2.45) is 5.92 Å². The number of aryl methyl sites for hydroxylation is 1. The number of pyridine rings is 1. The predicted octanol–water partition coefficient (Wildman–Crippen LogP) is 3.13. The van der Waals surface area contributed by atoms with Crippen LogP contribution in [0.25, 0.3) is 5.65 Å². The Morgan fingerprint density at radius 2 is 2.04 bits per heavy atom. The summed E-state index contributed by atoms with van der Waals surface area (Å²) in [7, 11) is 0. The summed E-state index contributed by atoms with van der Waals surface area (Å²) in [6.45, 7) is 8.00. The molecule has 0 spiro atoms. The van der Waals surface area contributed by atoms with Gasteiger partial charge < -0.3 is 14.5 Å². The van der Waals surface area contributed by atoms with Crippen molar-refractivity contribution in [2.45, 2.75) is 53.0 Å². The van der Waals surface area contributed by atoms with Crippen LogP contribution in [0.3, 0.4) is 0 Å². The Morgan fingerprint density at radius 3 is 2.76 bits per heavy atom. The number of amides is 1. The highest BCUT2D eigenvalue weighted by atomic mass is 16.5. The third kappa shape index (κ3) is 5.89. The molecule has 6 nitrogen and oxygen atoms in total. The molecule has 2 aromatic rings. The van der Waals surface area contributed by atoms with E-state index in [-0.39, 0.29) is 24.2 Å². The van der Waals surface area contributed by atoms with E-state index in [0.29, 0.717) is 11.6 Å². The summed E-state index contributed by atoms with van der Waals surface area (Å²) in [5, 5.41) is 2.85. The van der Waals surface area contributed by atoms with Gasteiger partial charge in [-0.15, -0.1) is 0 Å². The molecule has 2 aromatic heterocycles. The minimum Gasteiger partial charge on any atom is -0.451 e. The molecule has 1 unspecified atom stereocenters. The van der Waals surface area contributed by atoms with E-state index < -0.39 is 5.97 Å². The van der Waals surface area contributed by atoms with Crippen molar-refractivity contribution in [3.63, 3.8) is 0 Å². The summed E-state index contributed by atoms with van der Waals surface area (Å²) >= 11 is 0. The van der Waals surface area contributed by atoms with Crippen LogP contribution in [-0.2, 0) is 9.53 Å². The van der Waals surface area contributed by atoms with Gasteiger partial charge in [0.2, 0.25) is 0 Å². The van der Waals surface area contributed by atoms with E-state index >= 15 is 0 Å². The summed E-state index contributed by atoms with van der Waals surface area (Å²) in [5.74, 6) is -0.216. The number of hydrogen-bond donors (Lipinski definition) is 1. The van der Waals surface area contributed by atoms with Crippen molar-refractivity contribution in [1.29, 1.82) is 0 Å². The second-order valence-electron chi connectivity index (χ2n) is 6.97. The lowest BCUT2D eigenvalue weighted by Gasteiger charge is -2.14. The van der Waals surface area contributed by atoms with Crippen LogP contribution < -0.4 is 5.32 Å². The highest BCUT2D eigenvalue weighted by molar-refractivity contribution is 5.90. The molecule has 136 valence electrons. The van der Waals surface area contributed by atoms with Gasteiger partial charge in [-0.05, 0) is 43.9 Å². The molecule has 0 aliphatic carbocycles. The number of carbonyl (C=O) groups is 2. The molecule has 0 fully saturated rings. The van der Waals surface area contributed by atoms with E-state index in [1.165, 1.54) is 0 Å². The molecule has 0 aliphatic rings. The van der Waals surface area contributed by atoms with Crippen LogP contribution in [0.15, 0.2) is 24.5 Å². The smallest absolute Gasteiger partial charge is 0.359 e. The van der Waals surface area contributed by atoms with Crippen molar-refractivity contribution < 1.29 is 14.3 Å². The monoisotopic (exact) mass is 345 g/mol. The fourth-order valence-corrected chi connectivity index (χ4v) is 2.61. The predicted molar refractivity (Wildman–Crippen MR) is 96.5 cm³/mol. The average molecular weight is 345 g/mol. The summed E-state index contributed by atoms with van der Waals surface area (Å²) in [6.07, 6.45) is 6.56. The Labute approximate surface area is 148 Å². The molecule has 1 amide bonds. The number of aromatic nitrogens is 2. The highest BCUT2D eigenvalue weighted by Gasteiger charge is 2.15. The van der Waals surface area contributed by atoms with Gasteiger partial charge >= 0.3 is 5.97 Å². The molecule has 2 rings (SSSR count). The number of carbonyl (C=O) groups excluding carboxylic acids is 2. The number of nitrogens with zero attached hydrogens (tertiary/aromatic N) is 2. The zero-order valence-corrected chi connectivity index (χ0v) is 15.4. The van der Waals surface area contributed by atoms with Crippen molar-refractivity contribution in [3.8, 4) is 0 Å². The summed E-state index contributed by atoms with van der Waals surface area (Å²) in [4.78, 5) is 28.2. The van der Waals surface area contributed by atoms with Gasteiger partial charge in [0.25, 0.3) is 5.91 Å². The average Bonchev–Trinajstić information content (AvgIpc) is 2.95. The molecule has 0 saturated heterocycles. The number of esters is 1. The maximum absolute atomic E-state index is 12.1. The number of hydrogen-bond acceptors (Lipinski definition) is 4. The molecule has 25 heavy (non-hydrogen) atoms. The molecular weight excluding hydrogens is 318 g/mol. The van der Waals surface area contributed by atoms with Crippen LogP contribution in [0.2, 0.25) is 0 Å². The van der Waals surface area contributed by atoms with Crippen molar-refractivity contribution >= 4 is 17.5 Å². The van der Waals surface area contributed by atoms with Crippen molar-refractivity contribution in [2.75, 3.05) is 6.61 Å². The Morgan fingerprint density at radius 1 is 1.28 bits per heavy atom. The third-order valence-electron chi connectivity index (χ3n) is 3.99. The fourth-order valence-electron chi connectivity index (χ4n) is 2.61. The van der Waals surface area contributed by atoms with Gasteiger partial charge in [0.1, 0.15) is 5.65 Å². The fraction of sp³-hybridized carbons (Fsp3) is 0.526. The van der Waals surface area contributed by atoms with Gasteiger partial charge in [-0.25, -0.2) is 9.78 Å². The molecule has 1 atom stereocenters. The Kier molecular flexibility index (Phi) is 6.56. The molecule has 0 aromatic carbocycles. The maximum Gasteiger partial charge on any atom is 0.359 e. The molecule has 0 radical (unpaired) electrons. The first-order chi connectivity index (χ1) is 11.8. The minimum absolute atomic E-state index is 0.0723. The van der Waals surface area contributed by atoms with E-state index in [1.807, 2.05) is 32.2 Å². The second kappa shape index (κ2) is 8.65. The van der Waals surface area contributed by atoms with Crippen LogP contribution in [-0.4, -0.2) is 33.9 Å². The van der Waals surface area contributed by atoms with Gasteiger partial charge in [-0.3, -0.25) is 4.79 Å². The van der Waals surface area contributed by atoms with Gasteiger partial charge in [0.15, 0.2) is 12.3 Å². The summed E-state index contributed by atoms with van der Waals surface area (Å²) in [5.41, 5.74) is 1.93. The number of imidazole rings is 1. The molecule has 2 heterocycles. The first-order valence-electron chi connectivity index (χ1n) is 8.77. The van der Waals surface area contributed by atoms with Crippen LogP contribution in [0, 0.1) is 12.8 Å². The van der Waals surface area contributed by atoms with E-state index in [1.54, 1.807) is 10.6 Å². The second-order valence-corrected chi connectivity index (χ2v) is 6.97. The van der Waals surface area contributed by atoms with Crippen LogP contribution in [0.5, 0.6) is 0 Å². The maximum atomic E-state index is 12.1. The standard InChI is InChI=1S/C19H27N3O3/c1-13(2)6-5-7-15(4)20-18(23)12-25-19(24)16-11-22-9-8-14(3)10-17(22)21-16/h8-11,13,15H,5-7,12H2,1-4H3,(H,20,23). The largest absolute Gasteiger partial charge is 0.451 e.